The van der Waals surface area contributed by atoms with Gasteiger partial charge in [0.15, 0.2) is 0 Å². The maximum Gasteiger partial charge on any atom is 0.407 e. The summed E-state index contributed by atoms with van der Waals surface area (Å²) in [6.07, 6.45) is -0.787. The summed E-state index contributed by atoms with van der Waals surface area (Å²) in [5, 5.41) is 15.7. The van der Waals surface area contributed by atoms with E-state index < -0.39 is 47.5 Å². The fourth-order valence-corrected chi connectivity index (χ4v) is 10.3. The minimum atomic E-state index is -5.02. The number of carbonyl (C=O) groups is 2. The lowest BCUT2D eigenvalue weighted by Gasteiger charge is -2.26. The third-order valence-corrected chi connectivity index (χ3v) is 13.6. The largest absolute Gasteiger partial charge is 0.497 e. The first-order chi connectivity index (χ1) is 31.9. The Morgan fingerprint density at radius 3 is 1.79 bits per heavy atom. The summed E-state index contributed by atoms with van der Waals surface area (Å²) >= 11 is 0. The number of aromatic nitrogens is 4. The normalized spacial score (nSPS) is 11.8. The Labute approximate surface area is 389 Å². The molecule has 0 atom stereocenters. The van der Waals surface area contributed by atoms with E-state index in [1.165, 1.54) is 51.4 Å². The summed E-state index contributed by atoms with van der Waals surface area (Å²) in [5.74, 6) is 0.607. The van der Waals surface area contributed by atoms with Gasteiger partial charge in [0, 0.05) is 31.7 Å². The first-order valence-electron chi connectivity index (χ1n) is 20.6. The van der Waals surface area contributed by atoms with Crippen LogP contribution in [0.1, 0.15) is 47.8 Å². The monoisotopic (exact) mass is 956 g/mol. The number of nitrogens with one attached hydrogen (secondary N) is 2. The molecule has 0 radical (unpaired) electrons. The van der Waals surface area contributed by atoms with Crippen molar-refractivity contribution in [3.8, 4) is 39.8 Å². The number of rotatable bonds is 19. The number of sulfonamides is 2. The van der Waals surface area contributed by atoms with Gasteiger partial charge in [0.25, 0.3) is 0 Å². The van der Waals surface area contributed by atoms with Crippen LogP contribution in [0.3, 0.4) is 0 Å². The highest BCUT2D eigenvalue weighted by molar-refractivity contribution is 7.92. The number of hydrogen-bond acceptors (Lipinski definition) is 15. The zero-order chi connectivity index (χ0) is 48.5. The van der Waals surface area contributed by atoms with E-state index in [1.807, 2.05) is 0 Å². The number of alkyl carbamates (subject to hydrolysis) is 1. The molecule has 0 aliphatic heterocycles. The number of ether oxygens (including phenoxy) is 5. The fourth-order valence-electron chi connectivity index (χ4n) is 6.84. The number of esters is 1. The van der Waals surface area contributed by atoms with E-state index in [1.54, 1.807) is 99.6 Å². The van der Waals surface area contributed by atoms with Gasteiger partial charge in [0.05, 0.1) is 51.8 Å². The topological polar surface area (TPSA) is 245 Å². The molecule has 0 aliphatic carbocycles. The van der Waals surface area contributed by atoms with Crippen molar-refractivity contribution in [1.82, 2.24) is 34.6 Å². The Bertz CT molecular complexity index is 2870. The van der Waals surface area contributed by atoms with Crippen LogP contribution in [-0.4, -0.2) is 101 Å². The van der Waals surface area contributed by atoms with Gasteiger partial charge < -0.3 is 34.7 Å². The molecule has 0 bridgehead atoms. The number of methoxy groups -OCH3 is 4. The summed E-state index contributed by atoms with van der Waals surface area (Å²) < 4.78 is 91.2. The van der Waals surface area contributed by atoms with Gasteiger partial charge >= 0.3 is 12.1 Å². The van der Waals surface area contributed by atoms with E-state index in [4.69, 9.17) is 29.4 Å². The molecule has 0 saturated heterocycles. The van der Waals surface area contributed by atoms with Crippen LogP contribution >= 0.6 is 0 Å². The average Bonchev–Trinajstić information content (AvgIpc) is 3.77. The molecule has 67 heavy (non-hydrogen) atoms. The number of anilines is 1. The van der Waals surface area contributed by atoms with Crippen molar-refractivity contribution in [3.63, 3.8) is 0 Å². The first kappa shape index (κ1) is 49.4. The van der Waals surface area contributed by atoms with Gasteiger partial charge in [0.1, 0.15) is 32.6 Å². The van der Waals surface area contributed by atoms with Crippen molar-refractivity contribution < 1.29 is 50.1 Å². The number of hydrogen-bond donors (Lipinski definition) is 3. The number of carbonyl (C=O) groups excluding carboxylic acids is 2. The molecule has 1 aromatic heterocycles. The Hall–Kier alpha value is -7.07. The Kier molecular flexibility index (Phi) is 15.5. The summed E-state index contributed by atoms with van der Waals surface area (Å²) in [6, 6.07) is 27.5. The lowest BCUT2D eigenvalue weighted by molar-refractivity contribution is 0.0527. The number of benzene rings is 5. The summed E-state index contributed by atoms with van der Waals surface area (Å²) in [7, 11) is -4.09. The van der Waals surface area contributed by atoms with Crippen LogP contribution in [0.25, 0.3) is 22.5 Å². The lowest BCUT2D eigenvalue weighted by Crippen LogP contribution is -2.38. The lowest BCUT2D eigenvalue weighted by atomic mass is 9.95. The summed E-state index contributed by atoms with van der Waals surface area (Å²) in [4.78, 5) is 25.2. The maximum atomic E-state index is 16.0. The molecule has 4 N–H and O–H groups in total. The average molecular weight is 957 g/mol. The maximum absolute atomic E-state index is 16.0. The highest BCUT2D eigenvalue weighted by Crippen LogP contribution is 2.43. The number of para-hydroxylation sites is 1. The van der Waals surface area contributed by atoms with Gasteiger partial charge in [0.2, 0.25) is 25.9 Å². The molecule has 0 unspecified atom stereocenters. The minimum absolute atomic E-state index is 0.0389. The van der Waals surface area contributed by atoms with E-state index in [0.717, 1.165) is 15.9 Å². The molecule has 0 saturated carbocycles. The van der Waals surface area contributed by atoms with Crippen molar-refractivity contribution in [2.75, 3.05) is 47.3 Å². The van der Waals surface area contributed by atoms with Crippen molar-refractivity contribution in [2.45, 2.75) is 55.8 Å². The van der Waals surface area contributed by atoms with Crippen molar-refractivity contribution >= 4 is 37.8 Å². The second-order valence-electron chi connectivity index (χ2n) is 15.9. The van der Waals surface area contributed by atoms with E-state index in [0.29, 0.717) is 28.4 Å². The predicted molar refractivity (Wildman–Crippen MR) is 248 cm³/mol. The minimum Gasteiger partial charge on any atom is -0.497 e. The van der Waals surface area contributed by atoms with Crippen molar-refractivity contribution in [2.24, 2.45) is 0 Å². The Morgan fingerprint density at radius 2 is 1.27 bits per heavy atom. The van der Waals surface area contributed by atoms with E-state index in [-0.39, 0.29) is 66.5 Å². The SMILES string of the molecule is COC(=O)c1cccc(-c2ccc(S(=O)(=O)NCCNC(=O)OC(C)(C)C)c(S(=O)(=O)N(Cc3ccc(OC)cc3)Cc3ccc(OC)cc3)c2-c2nnn(Cc3ccc(OC)cc3)n2)c1N. The molecule has 0 fully saturated rings. The summed E-state index contributed by atoms with van der Waals surface area (Å²) in [5.41, 5.74) is 7.41. The van der Waals surface area contributed by atoms with Gasteiger partial charge in [-0.2, -0.15) is 9.10 Å². The van der Waals surface area contributed by atoms with Crippen LogP contribution in [0.15, 0.2) is 113 Å². The molecule has 354 valence electrons. The number of nitrogen functional groups attached to an aromatic ring is 1. The van der Waals surface area contributed by atoms with Gasteiger partial charge in [-0.1, -0.05) is 54.6 Å². The molecule has 0 aliphatic rings. The van der Waals surface area contributed by atoms with Crippen LogP contribution < -0.4 is 30.0 Å². The molecule has 21 heteroatoms. The Morgan fingerprint density at radius 1 is 0.716 bits per heavy atom. The zero-order valence-electron chi connectivity index (χ0n) is 38.0. The van der Waals surface area contributed by atoms with Gasteiger partial charge in [-0.15, -0.1) is 10.2 Å². The second kappa shape index (κ2) is 21.0. The van der Waals surface area contributed by atoms with E-state index >= 15 is 8.42 Å². The van der Waals surface area contributed by atoms with Gasteiger partial charge in [-0.3, -0.25) is 0 Å². The van der Waals surface area contributed by atoms with Crippen LogP contribution in [0.5, 0.6) is 17.2 Å². The molecule has 0 spiro atoms. The molecule has 6 rings (SSSR count). The highest BCUT2D eigenvalue weighted by Gasteiger charge is 2.38. The first-order valence-corrected chi connectivity index (χ1v) is 23.6. The molecule has 6 aromatic rings. The zero-order valence-corrected chi connectivity index (χ0v) is 39.6. The molecule has 1 heterocycles. The summed E-state index contributed by atoms with van der Waals surface area (Å²) in [6.45, 7) is 3.99. The molecule has 19 nitrogen and oxygen atoms in total. The molecule has 1 amide bonds. The van der Waals surface area contributed by atoms with Gasteiger partial charge in [-0.05, 0) is 96.8 Å². The van der Waals surface area contributed by atoms with Crippen LogP contribution in [-0.2, 0) is 49.2 Å². The van der Waals surface area contributed by atoms with Crippen molar-refractivity contribution in [1.29, 1.82) is 0 Å². The highest BCUT2D eigenvalue weighted by atomic mass is 32.2. The van der Waals surface area contributed by atoms with Crippen molar-refractivity contribution in [3.05, 3.63) is 125 Å². The molecular weight excluding hydrogens is 905 g/mol. The molecule has 5 aromatic carbocycles. The quantitative estimate of drug-likeness (QED) is 0.0505. The standard InChI is InChI=1S/C46H52N8O11S2/c1-46(2,3)65-45(56)48-25-26-49-66(57,58)39-24-23-36(37-9-8-10-38(41(37)47)44(55)64-7)40(43-50-52-54(51-43)29-32-15-21-35(63-6)22-16-32)42(39)67(59,60)53(27-30-11-17-33(61-4)18-12-30)28-31-13-19-34(62-5)20-14-31/h8-24,49H,25-29,47H2,1-7H3,(H,48,56). The number of nitrogens with zero attached hydrogens (tertiary/aromatic N) is 5. The predicted octanol–water partition coefficient (Wildman–Crippen LogP) is 5.64. The van der Waals surface area contributed by atoms with Crippen LogP contribution in [0.2, 0.25) is 0 Å². The van der Waals surface area contributed by atoms with Crippen LogP contribution in [0.4, 0.5) is 10.5 Å². The molecular formula is C46H52N8O11S2. The second-order valence-corrected chi connectivity index (χ2v) is 19.5. The number of amides is 1. The number of tetrazole rings is 1. The number of nitrogens with two attached hydrogens (primary N) is 1. The van der Waals surface area contributed by atoms with Crippen LogP contribution in [0, 0.1) is 0 Å². The fraction of sp³-hybridized carbons (Fsp3) is 0.283. The van der Waals surface area contributed by atoms with Gasteiger partial charge in [-0.25, -0.2) is 31.1 Å². The smallest absolute Gasteiger partial charge is 0.407 e. The van der Waals surface area contributed by atoms with E-state index in [2.05, 4.69) is 25.4 Å². The third-order valence-electron chi connectivity index (χ3n) is 10.1. The Balaban J connectivity index is 1.61. The third kappa shape index (κ3) is 12.0. The van der Waals surface area contributed by atoms with E-state index in [9.17, 15) is 18.0 Å².